The van der Waals surface area contributed by atoms with Gasteiger partial charge in [-0.3, -0.25) is 9.46 Å². The van der Waals surface area contributed by atoms with Crippen LogP contribution in [-0.2, 0) is 24.3 Å². The second-order valence-corrected chi connectivity index (χ2v) is 6.11. The first kappa shape index (κ1) is 13.7. The Hall–Kier alpha value is -1.32. The van der Waals surface area contributed by atoms with Crippen molar-refractivity contribution in [2.75, 3.05) is 13.6 Å². The number of carbonyl (C=O) groups excluding carboxylic acids is 1. The smallest absolute Gasteiger partial charge is 0.239 e. The minimum atomic E-state index is 0.0567. The van der Waals surface area contributed by atoms with Gasteiger partial charge in [-0.2, -0.15) is 0 Å². The fraction of sp³-hybridized carbons (Fsp3) is 0.357. The molecule has 4 nitrogen and oxygen atoms in total. The second-order valence-electron chi connectivity index (χ2n) is 5.38. The summed E-state index contributed by atoms with van der Waals surface area (Å²) in [4.78, 5) is 11.8. The Kier molecular flexibility index (Phi) is 3.57. The molecule has 0 aliphatic carbocycles. The Morgan fingerprint density at radius 1 is 1.50 bits per heavy atom. The predicted molar refractivity (Wildman–Crippen MR) is 88.0 cm³/mol. The summed E-state index contributed by atoms with van der Waals surface area (Å²) in [5.74, 6) is 0.0567. The third-order valence-corrected chi connectivity index (χ3v) is 4.53. The van der Waals surface area contributed by atoms with E-state index >= 15 is 0 Å². The number of para-hydroxylation sites is 1. The van der Waals surface area contributed by atoms with Crippen LogP contribution in [0.2, 0.25) is 0 Å². The van der Waals surface area contributed by atoms with Gasteiger partial charge in [0.15, 0.2) is 0 Å². The third-order valence-electron chi connectivity index (χ3n) is 4.08. The molecular weight excluding hydrogens is 268 g/mol. The van der Waals surface area contributed by atoms with Crippen molar-refractivity contribution in [1.82, 2.24) is 14.6 Å². The van der Waals surface area contributed by atoms with E-state index in [0.717, 1.165) is 19.5 Å². The lowest BCUT2D eigenvalue weighted by Crippen LogP contribution is -2.28. The molecule has 20 heavy (non-hydrogen) atoms. The zero-order valence-electron chi connectivity index (χ0n) is 11.9. The number of rotatable bonds is 2. The van der Waals surface area contributed by atoms with Crippen molar-refractivity contribution >= 4 is 39.5 Å². The first-order valence-electron chi connectivity index (χ1n) is 6.91. The van der Waals surface area contributed by atoms with Crippen molar-refractivity contribution in [3.8, 4) is 0 Å². The number of likely N-dealkylation sites (N-methyl/N-ethyl adjacent to an activating group) is 1. The van der Waals surface area contributed by atoms with Crippen LogP contribution < -0.4 is 10.8 Å². The van der Waals surface area contributed by atoms with E-state index in [0.29, 0.717) is 6.54 Å². The zero-order chi connectivity index (χ0) is 14.3. The summed E-state index contributed by atoms with van der Waals surface area (Å²) in [5, 5.41) is 4.02. The number of aromatic nitrogens is 1. The van der Waals surface area contributed by atoms with Crippen molar-refractivity contribution in [2.24, 2.45) is 0 Å². The van der Waals surface area contributed by atoms with Crippen LogP contribution in [0.5, 0.6) is 0 Å². The van der Waals surface area contributed by atoms with E-state index in [1.807, 2.05) is 0 Å². The van der Waals surface area contributed by atoms with Crippen LogP contribution in [0, 0.1) is 0 Å². The monoisotopic (exact) mass is 287 g/mol. The van der Waals surface area contributed by atoms with Crippen molar-refractivity contribution in [3.63, 3.8) is 0 Å². The highest BCUT2D eigenvalue weighted by atomic mass is 31.0. The Bertz CT molecular complexity index is 683. The summed E-state index contributed by atoms with van der Waals surface area (Å²) in [6.07, 6.45) is 0.990. The van der Waals surface area contributed by atoms with Gasteiger partial charge in [-0.1, -0.05) is 33.1 Å². The SMILES string of the molecule is Bc1cccc2c3c(n(CC(=O)NC)c12)CCN(P)C3. The number of hydrogen-bond acceptors (Lipinski definition) is 2. The lowest BCUT2D eigenvalue weighted by atomic mass is 9.93. The van der Waals surface area contributed by atoms with Gasteiger partial charge in [0.25, 0.3) is 0 Å². The molecule has 6 heteroatoms. The molecule has 0 fully saturated rings. The van der Waals surface area contributed by atoms with E-state index in [2.05, 4.69) is 50.0 Å². The molecule has 1 unspecified atom stereocenters. The number of nitrogens with one attached hydrogen (secondary N) is 1. The maximum atomic E-state index is 11.8. The molecule has 0 saturated carbocycles. The number of nitrogens with zero attached hydrogens (tertiary/aromatic N) is 2. The van der Waals surface area contributed by atoms with Gasteiger partial charge in [0, 0.05) is 43.2 Å². The molecule has 1 aliphatic rings. The topological polar surface area (TPSA) is 37.3 Å². The average molecular weight is 287 g/mol. The van der Waals surface area contributed by atoms with Gasteiger partial charge in [-0.15, -0.1) is 0 Å². The van der Waals surface area contributed by atoms with Crippen LogP contribution >= 0.6 is 9.39 Å². The molecule has 2 aromatic rings. The fourth-order valence-corrected chi connectivity index (χ4v) is 3.42. The van der Waals surface area contributed by atoms with Crippen LogP contribution in [-0.4, -0.2) is 36.6 Å². The Balaban J connectivity index is 2.24. The third kappa shape index (κ3) is 2.15. The highest BCUT2D eigenvalue weighted by molar-refractivity contribution is 7.13. The summed E-state index contributed by atoms with van der Waals surface area (Å²) in [6, 6.07) is 6.39. The number of benzene rings is 1. The normalized spacial score (nSPS) is 15.3. The molecule has 1 atom stereocenters. The van der Waals surface area contributed by atoms with Crippen LogP contribution in [0.3, 0.4) is 0 Å². The Labute approximate surface area is 122 Å². The van der Waals surface area contributed by atoms with Crippen LogP contribution in [0.25, 0.3) is 10.9 Å². The quantitative estimate of drug-likeness (QED) is 0.613. The molecule has 0 radical (unpaired) electrons. The van der Waals surface area contributed by atoms with E-state index in [4.69, 9.17) is 0 Å². The highest BCUT2D eigenvalue weighted by Crippen LogP contribution is 2.31. The molecule has 1 amide bonds. The predicted octanol–water partition coefficient (Wildman–Crippen LogP) is -0.206. The molecule has 1 aromatic carbocycles. The van der Waals surface area contributed by atoms with E-state index in [-0.39, 0.29) is 5.91 Å². The highest BCUT2D eigenvalue weighted by Gasteiger charge is 2.23. The van der Waals surface area contributed by atoms with Gasteiger partial charge in [0.1, 0.15) is 14.4 Å². The standard InChI is InChI=1S/C14H19BN3OP/c1-16-13(19)8-18-12-5-6-17(20)7-10(12)9-3-2-4-11(15)14(9)18/h2-4H,5-8,15,20H2,1H3,(H,16,19). The van der Waals surface area contributed by atoms with Crippen LogP contribution in [0.15, 0.2) is 18.2 Å². The van der Waals surface area contributed by atoms with E-state index in [9.17, 15) is 4.79 Å². The summed E-state index contributed by atoms with van der Waals surface area (Å²) in [5.41, 5.74) is 5.13. The number of fused-ring (bicyclic) bond motifs is 3. The van der Waals surface area contributed by atoms with Gasteiger partial charge in [0.2, 0.25) is 5.91 Å². The van der Waals surface area contributed by atoms with E-state index in [1.165, 1.54) is 27.6 Å². The molecule has 0 spiro atoms. The first-order valence-corrected chi connectivity index (χ1v) is 7.43. The van der Waals surface area contributed by atoms with Crippen LogP contribution in [0.4, 0.5) is 0 Å². The molecule has 1 aromatic heterocycles. The van der Waals surface area contributed by atoms with Crippen molar-refractivity contribution < 1.29 is 4.79 Å². The summed E-state index contributed by atoms with van der Waals surface area (Å²) < 4.78 is 4.46. The lowest BCUT2D eigenvalue weighted by Gasteiger charge is -2.23. The Morgan fingerprint density at radius 2 is 2.30 bits per heavy atom. The molecule has 2 heterocycles. The van der Waals surface area contributed by atoms with Gasteiger partial charge < -0.3 is 9.88 Å². The number of carbonyl (C=O) groups is 1. The van der Waals surface area contributed by atoms with E-state index in [1.54, 1.807) is 7.05 Å². The molecule has 1 aliphatic heterocycles. The van der Waals surface area contributed by atoms with Crippen molar-refractivity contribution in [2.45, 2.75) is 19.5 Å². The molecular formula is C14H19BN3OP. The molecule has 104 valence electrons. The van der Waals surface area contributed by atoms with Gasteiger partial charge in [0.05, 0.1) is 0 Å². The maximum Gasteiger partial charge on any atom is 0.239 e. The van der Waals surface area contributed by atoms with E-state index < -0.39 is 0 Å². The second kappa shape index (κ2) is 5.23. The number of hydrogen-bond donors (Lipinski definition) is 1. The summed E-state index contributed by atoms with van der Waals surface area (Å²) in [6.45, 7) is 2.35. The average Bonchev–Trinajstić information content (AvgIpc) is 2.74. The number of amides is 1. The molecule has 0 bridgehead atoms. The van der Waals surface area contributed by atoms with Gasteiger partial charge >= 0.3 is 0 Å². The summed E-state index contributed by atoms with van der Waals surface area (Å²) in [7, 11) is 6.60. The first-order chi connectivity index (χ1) is 9.61. The zero-order valence-corrected chi connectivity index (χ0v) is 13.1. The van der Waals surface area contributed by atoms with Crippen molar-refractivity contribution in [3.05, 3.63) is 29.5 Å². The summed E-state index contributed by atoms with van der Waals surface area (Å²) >= 11 is 0. The molecule has 1 N–H and O–H groups in total. The molecule has 0 saturated heterocycles. The van der Waals surface area contributed by atoms with Gasteiger partial charge in [-0.05, 0) is 5.56 Å². The minimum absolute atomic E-state index is 0.0567. The fourth-order valence-electron chi connectivity index (χ4n) is 3.11. The van der Waals surface area contributed by atoms with Gasteiger partial charge in [-0.25, -0.2) is 0 Å². The minimum Gasteiger partial charge on any atom is -0.358 e. The lowest BCUT2D eigenvalue weighted by molar-refractivity contribution is -0.121. The van der Waals surface area contributed by atoms with Crippen molar-refractivity contribution in [1.29, 1.82) is 0 Å². The van der Waals surface area contributed by atoms with Crippen LogP contribution in [0.1, 0.15) is 11.3 Å². The molecule has 3 rings (SSSR count). The largest absolute Gasteiger partial charge is 0.358 e. The maximum absolute atomic E-state index is 11.8. The Morgan fingerprint density at radius 3 is 3.05 bits per heavy atom.